The van der Waals surface area contributed by atoms with Gasteiger partial charge >= 0.3 is 5.69 Å². The summed E-state index contributed by atoms with van der Waals surface area (Å²) in [5, 5.41) is 13.1. The molecule has 1 aromatic carbocycles. The van der Waals surface area contributed by atoms with Crippen molar-refractivity contribution < 1.29 is 4.79 Å². The number of piperidine rings is 1. The fraction of sp³-hybridized carbons (Fsp3) is 0.500. The predicted molar refractivity (Wildman–Crippen MR) is 99.2 cm³/mol. The van der Waals surface area contributed by atoms with Gasteiger partial charge in [0, 0.05) is 32.6 Å². The number of carbonyl (C=O) groups is 1. The molecule has 4 rings (SSSR count). The molecule has 3 heterocycles. The fourth-order valence-corrected chi connectivity index (χ4v) is 3.71. The van der Waals surface area contributed by atoms with E-state index in [1.807, 2.05) is 36.1 Å². The maximum atomic E-state index is 12.6. The molecule has 1 aliphatic heterocycles. The Morgan fingerprint density at radius 3 is 2.33 bits per heavy atom. The van der Waals surface area contributed by atoms with Gasteiger partial charge < -0.3 is 4.90 Å². The molecule has 0 spiro atoms. The Hall–Kier alpha value is -2.97. The molecule has 142 valence electrons. The van der Waals surface area contributed by atoms with E-state index in [0.717, 1.165) is 29.7 Å². The van der Waals surface area contributed by atoms with E-state index < -0.39 is 0 Å². The minimum absolute atomic E-state index is 0.0164. The van der Waals surface area contributed by atoms with Crippen molar-refractivity contribution in [1.29, 1.82) is 0 Å². The topological polar surface area (TPSA) is 90.8 Å². The molecule has 3 aromatic rings. The summed E-state index contributed by atoms with van der Waals surface area (Å²) in [6.45, 7) is 4.01. The Morgan fingerprint density at radius 2 is 1.74 bits per heavy atom. The highest BCUT2D eigenvalue weighted by molar-refractivity contribution is 5.77. The van der Waals surface area contributed by atoms with Gasteiger partial charge in [-0.1, -0.05) is 12.1 Å². The lowest BCUT2D eigenvalue weighted by Gasteiger charge is -2.31. The van der Waals surface area contributed by atoms with Crippen molar-refractivity contribution in [2.24, 2.45) is 7.05 Å². The molecular formula is C18H23N7O2. The first-order chi connectivity index (χ1) is 13.1. The Kier molecular flexibility index (Phi) is 4.51. The van der Waals surface area contributed by atoms with Crippen LogP contribution in [0.3, 0.4) is 0 Å². The number of hydrogen-bond acceptors (Lipinski definition) is 5. The minimum Gasteiger partial charge on any atom is -0.341 e. The van der Waals surface area contributed by atoms with Crippen LogP contribution in [0, 0.1) is 0 Å². The van der Waals surface area contributed by atoms with E-state index in [-0.39, 0.29) is 24.1 Å². The Labute approximate surface area is 156 Å². The fourth-order valence-electron chi connectivity index (χ4n) is 3.71. The van der Waals surface area contributed by atoms with Crippen LogP contribution in [0.1, 0.15) is 31.5 Å². The van der Waals surface area contributed by atoms with Crippen LogP contribution < -0.4 is 5.69 Å². The molecule has 0 unspecified atom stereocenters. The first kappa shape index (κ1) is 17.4. The lowest BCUT2D eigenvalue weighted by atomic mass is 9.96. The number of amides is 1. The number of nitrogens with zero attached hydrogens (tertiary/aromatic N) is 7. The lowest BCUT2D eigenvalue weighted by molar-refractivity contribution is -0.133. The summed E-state index contributed by atoms with van der Waals surface area (Å²) in [4.78, 5) is 28.0. The first-order valence-electron chi connectivity index (χ1n) is 9.28. The molecule has 9 heteroatoms. The number of rotatable bonds is 4. The second-order valence-electron chi connectivity index (χ2n) is 6.88. The molecule has 1 amide bonds. The van der Waals surface area contributed by atoms with Gasteiger partial charge in [-0.2, -0.15) is 20.1 Å². The summed E-state index contributed by atoms with van der Waals surface area (Å²) in [7, 11) is 1.68. The van der Waals surface area contributed by atoms with Crippen LogP contribution in [-0.4, -0.2) is 53.2 Å². The smallest absolute Gasteiger partial charge is 0.341 e. The van der Waals surface area contributed by atoms with Crippen LogP contribution in [0.25, 0.3) is 11.0 Å². The van der Waals surface area contributed by atoms with Crippen LogP contribution >= 0.6 is 0 Å². The van der Waals surface area contributed by atoms with Crippen LogP contribution in [0.5, 0.6) is 0 Å². The normalized spacial score (nSPS) is 15.6. The number of benzene rings is 1. The van der Waals surface area contributed by atoms with Crippen molar-refractivity contribution in [2.75, 3.05) is 13.1 Å². The summed E-state index contributed by atoms with van der Waals surface area (Å²) in [6.07, 6.45) is 1.60. The van der Waals surface area contributed by atoms with E-state index in [4.69, 9.17) is 0 Å². The highest BCUT2D eigenvalue weighted by Crippen LogP contribution is 2.26. The third-order valence-electron chi connectivity index (χ3n) is 5.17. The SMILES string of the molecule is CCn1c(C2CCN(C(=O)Cn3nc4ccccc4n3)CC2)nn(C)c1=O. The first-order valence-corrected chi connectivity index (χ1v) is 9.28. The average molecular weight is 369 g/mol. The maximum Gasteiger partial charge on any atom is 0.345 e. The van der Waals surface area contributed by atoms with Crippen LogP contribution in [0.4, 0.5) is 0 Å². The summed E-state index contributed by atoms with van der Waals surface area (Å²) >= 11 is 0. The molecule has 9 nitrogen and oxygen atoms in total. The van der Waals surface area contributed by atoms with E-state index in [2.05, 4.69) is 15.3 Å². The number of fused-ring (bicyclic) bond motifs is 1. The van der Waals surface area contributed by atoms with Crippen molar-refractivity contribution in [3.63, 3.8) is 0 Å². The van der Waals surface area contributed by atoms with Gasteiger partial charge in [0.1, 0.15) is 23.4 Å². The summed E-state index contributed by atoms with van der Waals surface area (Å²) in [5.41, 5.74) is 1.50. The summed E-state index contributed by atoms with van der Waals surface area (Å²) in [6, 6.07) is 7.58. The lowest BCUT2D eigenvalue weighted by Crippen LogP contribution is -2.40. The number of hydrogen-bond donors (Lipinski definition) is 0. The van der Waals surface area contributed by atoms with Gasteiger partial charge in [-0.05, 0) is 31.9 Å². The molecule has 1 fully saturated rings. The van der Waals surface area contributed by atoms with Crippen LogP contribution in [0.15, 0.2) is 29.1 Å². The largest absolute Gasteiger partial charge is 0.345 e. The van der Waals surface area contributed by atoms with Gasteiger partial charge in [0.05, 0.1) is 0 Å². The molecule has 0 bridgehead atoms. The highest BCUT2D eigenvalue weighted by Gasteiger charge is 2.28. The van der Waals surface area contributed by atoms with Crippen molar-refractivity contribution in [1.82, 2.24) is 34.2 Å². The van der Waals surface area contributed by atoms with E-state index >= 15 is 0 Å². The molecule has 27 heavy (non-hydrogen) atoms. The monoisotopic (exact) mass is 369 g/mol. The molecular weight excluding hydrogens is 346 g/mol. The van der Waals surface area contributed by atoms with Crippen molar-refractivity contribution in [3.8, 4) is 0 Å². The standard InChI is InChI=1S/C18H23N7O2/c1-3-24-17(21-22(2)18(24)27)13-8-10-23(11-9-13)16(26)12-25-19-14-6-4-5-7-15(14)20-25/h4-7,13H,3,8-12H2,1-2H3. The Balaban J connectivity index is 1.41. The molecule has 1 aliphatic rings. The second kappa shape index (κ2) is 6.98. The predicted octanol–water partition coefficient (Wildman–Crippen LogP) is 0.753. The zero-order valence-corrected chi connectivity index (χ0v) is 15.6. The molecule has 2 aromatic heterocycles. The van der Waals surface area contributed by atoms with Crippen LogP contribution in [0.2, 0.25) is 0 Å². The minimum atomic E-state index is -0.0807. The van der Waals surface area contributed by atoms with E-state index in [1.54, 1.807) is 11.6 Å². The average Bonchev–Trinajstić information content (AvgIpc) is 3.22. The zero-order valence-electron chi connectivity index (χ0n) is 15.6. The van der Waals surface area contributed by atoms with E-state index in [1.165, 1.54) is 9.48 Å². The second-order valence-corrected chi connectivity index (χ2v) is 6.88. The maximum absolute atomic E-state index is 12.6. The molecule has 0 aliphatic carbocycles. The number of carbonyl (C=O) groups excluding carboxylic acids is 1. The van der Waals surface area contributed by atoms with Gasteiger partial charge in [0.25, 0.3) is 0 Å². The van der Waals surface area contributed by atoms with Gasteiger partial charge in [-0.25, -0.2) is 9.48 Å². The number of likely N-dealkylation sites (tertiary alicyclic amines) is 1. The molecule has 0 atom stereocenters. The summed E-state index contributed by atoms with van der Waals surface area (Å²) in [5.74, 6) is 1.05. The highest BCUT2D eigenvalue weighted by atomic mass is 16.2. The van der Waals surface area contributed by atoms with E-state index in [9.17, 15) is 9.59 Å². The number of aromatic nitrogens is 6. The molecule has 0 saturated carbocycles. The molecule has 0 radical (unpaired) electrons. The molecule has 0 N–H and O–H groups in total. The van der Waals surface area contributed by atoms with Crippen molar-refractivity contribution in [3.05, 3.63) is 40.6 Å². The van der Waals surface area contributed by atoms with Crippen molar-refractivity contribution in [2.45, 2.75) is 38.8 Å². The Morgan fingerprint density at radius 1 is 1.11 bits per heavy atom. The summed E-state index contributed by atoms with van der Waals surface area (Å²) < 4.78 is 3.12. The van der Waals surface area contributed by atoms with Gasteiger partial charge in [-0.15, -0.1) is 0 Å². The van der Waals surface area contributed by atoms with E-state index in [0.29, 0.717) is 19.6 Å². The van der Waals surface area contributed by atoms with Crippen LogP contribution in [-0.2, 0) is 24.9 Å². The third kappa shape index (κ3) is 3.24. The third-order valence-corrected chi connectivity index (χ3v) is 5.17. The van der Waals surface area contributed by atoms with Crippen molar-refractivity contribution >= 4 is 16.9 Å². The Bertz CT molecular complexity index is 991. The zero-order chi connectivity index (χ0) is 19.0. The quantitative estimate of drug-likeness (QED) is 0.677. The van der Waals surface area contributed by atoms with Gasteiger partial charge in [0.2, 0.25) is 5.91 Å². The van der Waals surface area contributed by atoms with Gasteiger partial charge in [-0.3, -0.25) is 9.36 Å². The number of aryl methyl sites for hydroxylation is 1. The van der Waals surface area contributed by atoms with Gasteiger partial charge in [0.15, 0.2) is 0 Å². The molecule has 1 saturated heterocycles.